The third-order valence-electron chi connectivity index (χ3n) is 5.73. The van der Waals surface area contributed by atoms with Gasteiger partial charge in [-0.1, -0.05) is 35.5 Å². The van der Waals surface area contributed by atoms with Crippen molar-refractivity contribution in [3.63, 3.8) is 0 Å². The van der Waals surface area contributed by atoms with Gasteiger partial charge in [0.2, 0.25) is 0 Å². The molecule has 1 atom stereocenters. The summed E-state index contributed by atoms with van der Waals surface area (Å²) in [7, 11) is 1.62. The van der Waals surface area contributed by atoms with Gasteiger partial charge in [0.1, 0.15) is 17.0 Å². The van der Waals surface area contributed by atoms with Crippen molar-refractivity contribution < 1.29 is 13.7 Å². The molecule has 3 heterocycles. The van der Waals surface area contributed by atoms with Crippen molar-refractivity contribution in [3.8, 4) is 16.9 Å². The molecule has 0 aliphatic carbocycles. The fourth-order valence-corrected chi connectivity index (χ4v) is 4.21. The summed E-state index contributed by atoms with van der Waals surface area (Å²) in [6.45, 7) is 5.74. The lowest BCUT2D eigenvalue weighted by molar-refractivity contribution is 0.393. The zero-order valence-corrected chi connectivity index (χ0v) is 17.7. The van der Waals surface area contributed by atoms with Crippen molar-refractivity contribution in [1.29, 1.82) is 0 Å². The number of nitrogens with zero attached hydrogens (tertiary/aromatic N) is 3. The van der Waals surface area contributed by atoms with Gasteiger partial charge >= 0.3 is 5.76 Å². The largest absolute Gasteiger partial charge is 0.496 e. The zero-order chi connectivity index (χ0) is 21.7. The number of aryl methyl sites for hydroxylation is 2. The Bertz CT molecular complexity index is 1460. The van der Waals surface area contributed by atoms with Crippen LogP contribution in [0.25, 0.3) is 33.1 Å². The molecule has 0 N–H and O–H groups in total. The highest BCUT2D eigenvalue weighted by Crippen LogP contribution is 2.39. The lowest BCUT2D eigenvalue weighted by Gasteiger charge is -2.15. The summed E-state index contributed by atoms with van der Waals surface area (Å²) < 4.78 is 18.3. The Balaban J connectivity index is 1.82. The maximum atomic E-state index is 12.8. The fraction of sp³-hybridized carbons (Fsp3) is 0.208. The van der Waals surface area contributed by atoms with Gasteiger partial charge in [0.05, 0.1) is 36.1 Å². The van der Waals surface area contributed by atoms with E-state index in [2.05, 4.69) is 10.1 Å². The van der Waals surface area contributed by atoms with E-state index in [1.807, 2.05) is 63.2 Å². The predicted octanol–water partition coefficient (Wildman–Crippen LogP) is 5.03. The van der Waals surface area contributed by atoms with E-state index in [4.69, 9.17) is 13.7 Å². The minimum atomic E-state index is -0.422. The van der Waals surface area contributed by atoms with E-state index in [0.29, 0.717) is 22.6 Å². The summed E-state index contributed by atoms with van der Waals surface area (Å²) in [5, 5.41) is 4.84. The van der Waals surface area contributed by atoms with Crippen molar-refractivity contribution >= 4 is 22.0 Å². The average Bonchev–Trinajstić information content (AvgIpc) is 3.30. The molecule has 5 aromatic rings. The minimum absolute atomic E-state index is 0.214. The first kappa shape index (κ1) is 19.1. The Morgan fingerprint density at radius 2 is 1.90 bits per heavy atom. The lowest BCUT2D eigenvalue weighted by Crippen LogP contribution is -2.19. The zero-order valence-electron chi connectivity index (χ0n) is 17.7. The number of fused-ring (bicyclic) bond motifs is 3. The van der Waals surface area contributed by atoms with E-state index in [1.54, 1.807) is 17.9 Å². The van der Waals surface area contributed by atoms with Crippen LogP contribution in [0.2, 0.25) is 0 Å². The normalized spacial score (nSPS) is 12.5. The molecule has 5 rings (SSSR count). The number of pyridine rings is 1. The highest BCUT2D eigenvalue weighted by molar-refractivity contribution is 6.04. The third-order valence-corrected chi connectivity index (χ3v) is 5.73. The summed E-state index contributed by atoms with van der Waals surface area (Å²) in [6.07, 6.45) is 1.59. The molecule has 7 heteroatoms. The molecule has 0 saturated carbocycles. The molecule has 0 unspecified atom stereocenters. The molecule has 0 bridgehead atoms. The molecule has 31 heavy (non-hydrogen) atoms. The van der Waals surface area contributed by atoms with Gasteiger partial charge in [0, 0.05) is 10.9 Å². The van der Waals surface area contributed by atoms with E-state index >= 15 is 0 Å². The van der Waals surface area contributed by atoms with Crippen molar-refractivity contribution in [2.45, 2.75) is 26.8 Å². The van der Waals surface area contributed by atoms with Crippen LogP contribution in [0.15, 0.2) is 62.4 Å². The van der Waals surface area contributed by atoms with Gasteiger partial charge in [-0.25, -0.2) is 4.79 Å². The van der Waals surface area contributed by atoms with E-state index in [1.165, 1.54) is 0 Å². The summed E-state index contributed by atoms with van der Waals surface area (Å²) in [6, 6.07) is 13.5. The average molecular weight is 415 g/mol. The Kier molecular flexibility index (Phi) is 4.39. The van der Waals surface area contributed by atoms with E-state index < -0.39 is 5.76 Å². The smallest absolute Gasteiger partial charge is 0.420 e. The maximum Gasteiger partial charge on any atom is 0.420 e. The number of hydrogen-bond acceptors (Lipinski definition) is 6. The van der Waals surface area contributed by atoms with Crippen LogP contribution >= 0.6 is 0 Å². The molecular formula is C24H21N3O4. The summed E-state index contributed by atoms with van der Waals surface area (Å²) in [4.78, 5) is 17.4. The Labute approximate surface area is 177 Å². The molecule has 0 aliphatic heterocycles. The SMILES string of the molecule is COc1cc2c(cc1-c1c(C)noc1C)ncc1oc(=O)n([C@H](C)c3ccccc3)c12. The quantitative estimate of drug-likeness (QED) is 0.409. The first-order valence-corrected chi connectivity index (χ1v) is 9.99. The summed E-state index contributed by atoms with van der Waals surface area (Å²) >= 11 is 0. The third kappa shape index (κ3) is 2.92. The number of hydrogen-bond donors (Lipinski definition) is 0. The minimum Gasteiger partial charge on any atom is -0.496 e. The number of ether oxygens (including phenoxy) is 1. The second kappa shape index (κ2) is 7.12. The topological polar surface area (TPSA) is 83.3 Å². The van der Waals surface area contributed by atoms with Gasteiger partial charge in [-0.3, -0.25) is 9.55 Å². The Morgan fingerprint density at radius 3 is 2.58 bits per heavy atom. The van der Waals surface area contributed by atoms with Crippen LogP contribution in [0.5, 0.6) is 5.75 Å². The predicted molar refractivity (Wildman–Crippen MR) is 118 cm³/mol. The van der Waals surface area contributed by atoms with Crippen LogP contribution < -0.4 is 10.5 Å². The molecule has 0 amide bonds. The van der Waals surface area contributed by atoms with Crippen LogP contribution in [-0.4, -0.2) is 21.8 Å². The molecule has 0 saturated heterocycles. The standard InChI is InChI=1S/C24H21N3O4/c1-13-22(15(3)31-26-13)18-10-19-17(11-20(18)29-4)23-21(12-25-19)30-24(28)27(23)14(2)16-8-6-5-7-9-16/h5-12,14H,1-4H3/t14-/m1/s1. The second-order valence-corrected chi connectivity index (χ2v) is 7.56. The number of rotatable bonds is 4. The first-order chi connectivity index (χ1) is 15.0. The van der Waals surface area contributed by atoms with Crippen LogP contribution in [0.1, 0.15) is 30.0 Å². The molecule has 7 nitrogen and oxygen atoms in total. The molecule has 0 aliphatic rings. The number of aromatic nitrogens is 3. The van der Waals surface area contributed by atoms with Gasteiger partial charge in [0.15, 0.2) is 5.58 Å². The number of methoxy groups -OCH3 is 1. The first-order valence-electron chi connectivity index (χ1n) is 9.99. The molecule has 0 radical (unpaired) electrons. The van der Waals surface area contributed by atoms with Crippen LogP contribution in [0, 0.1) is 13.8 Å². The summed E-state index contributed by atoms with van der Waals surface area (Å²) in [5.74, 6) is 0.923. The highest BCUT2D eigenvalue weighted by atomic mass is 16.5. The second-order valence-electron chi connectivity index (χ2n) is 7.56. The Hall–Kier alpha value is -3.87. The molecule has 0 fully saturated rings. The Morgan fingerprint density at radius 1 is 1.13 bits per heavy atom. The van der Waals surface area contributed by atoms with E-state index in [-0.39, 0.29) is 6.04 Å². The molecule has 2 aromatic carbocycles. The van der Waals surface area contributed by atoms with Gasteiger partial charge in [-0.15, -0.1) is 0 Å². The van der Waals surface area contributed by atoms with E-state index in [0.717, 1.165) is 33.3 Å². The van der Waals surface area contributed by atoms with E-state index in [9.17, 15) is 4.79 Å². The van der Waals surface area contributed by atoms with Crippen LogP contribution in [0.4, 0.5) is 0 Å². The lowest BCUT2D eigenvalue weighted by atomic mass is 10.00. The molecular weight excluding hydrogens is 394 g/mol. The number of oxazole rings is 1. The van der Waals surface area contributed by atoms with Crippen molar-refractivity contribution in [2.24, 2.45) is 0 Å². The monoisotopic (exact) mass is 415 g/mol. The maximum absolute atomic E-state index is 12.8. The van der Waals surface area contributed by atoms with Gasteiger partial charge in [-0.05, 0) is 38.5 Å². The molecule has 3 aromatic heterocycles. The fourth-order valence-electron chi connectivity index (χ4n) is 4.21. The van der Waals surface area contributed by atoms with Gasteiger partial charge in [0.25, 0.3) is 0 Å². The summed E-state index contributed by atoms with van der Waals surface area (Å²) in [5.41, 5.74) is 5.35. The molecule has 0 spiro atoms. The van der Waals surface area contributed by atoms with Crippen LogP contribution in [0.3, 0.4) is 0 Å². The van der Waals surface area contributed by atoms with Crippen molar-refractivity contribution in [1.82, 2.24) is 14.7 Å². The van der Waals surface area contributed by atoms with Crippen molar-refractivity contribution in [2.75, 3.05) is 7.11 Å². The van der Waals surface area contributed by atoms with Gasteiger partial charge in [-0.2, -0.15) is 0 Å². The number of benzene rings is 2. The molecule has 156 valence electrons. The highest BCUT2D eigenvalue weighted by Gasteiger charge is 2.22. The van der Waals surface area contributed by atoms with Gasteiger partial charge < -0.3 is 13.7 Å². The van der Waals surface area contributed by atoms with Crippen molar-refractivity contribution in [3.05, 3.63) is 76.2 Å². The van der Waals surface area contributed by atoms with Crippen LogP contribution in [-0.2, 0) is 0 Å².